The Bertz CT molecular complexity index is 437. The summed E-state index contributed by atoms with van der Waals surface area (Å²) in [6, 6.07) is 6.48. The molecule has 2 atom stereocenters. The molecule has 0 radical (unpaired) electrons. The fourth-order valence-electron chi connectivity index (χ4n) is 3.82. The van der Waals surface area contributed by atoms with Gasteiger partial charge in [0.2, 0.25) is 0 Å². The van der Waals surface area contributed by atoms with Crippen LogP contribution in [0.5, 0.6) is 0 Å². The van der Waals surface area contributed by atoms with Crippen LogP contribution in [0.4, 0.5) is 4.39 Å². The smallest absolute Gasteiger partial charge is 0.123 e. The van der Waals surface area contributed by atoms with Crippen LogP contribution in [0.3, 0.4) is 0 Å². The number of aliphatic hydroxyl groups is 1. The fraction of sp³-hybridized carbons (Fsp3) is 0.647. The third-order valence-electron chi connectivity index (χ3n) is 4.96. The van der Waals surface area contributed by atoms with Crippen LogP contribution in [0.2, 0.25) is 0 Å². The van der Waals surface area contributed by atoms with Crippen LogP contribution in [-0.4, -0.2) is 23.4 Å². The molecular formula is C17H23FO2. The molecule has 2 fully saturated rings. The molecule has 2 nitrogen and oxygen atoms in total. The van der Waals surface area contributed by atoms with Crippen LogP contribution in [-0.2, 0) is 4.74 Å². The summed E-state index contributed by atoms with van der Waals surface area (Å²) in [6.07, 6.45) is 8.31. The second-order valence-electron chi connectivity index (χ2n) is 6.34. The number of rotatable bonds is 4. The molecule has 1 saturated carbocycles. The van der Waals surface area contributed by atoms with Crippen molar-refractivity contribution in [3.8, 4) is 0 Å². The predicted molar refractivity (Wildman–Crippen MR) is 76.1 cm³/mol. The summed E-state index contributed by atoms with van der Waals surface area (Å²) in [4.78, 5) is 0. The van der Waals surface area contributed by atoms with Crippen molar-refractivity contribution >= 4 is 0 Å². The molecule has 1 N–H and O–H groups in total. The SMILES string of the molecule is OCC(CC1CCC2(CCCC2)O1)c1ccc(F)cc1. The topological polar surface area (TPSA) is 29.5 Å². The van der Waals surface area contributed by atoms with Crippen molar-refractivity contribution in [3.05, 3.63) is 35.6 Å². The zero-order chi connectivity index (χ0) is 14.0. The van der Waals surface area contributed by atoms with Gasteiger partial charge < -0.3 is 9.84 Å². The molecule has 1 heterocycles. The Morgan fingerprint density at radius 3 is 2.55 bits per heavy atom. The lowest BCUT2D eigenvalue weighted by Crippen LogP contribution is -2.25. The maximum Gasteiger partial charge on any atom is 0.123 e. The standard InChI is InChI=1S/C17H23FO2/c18-15-5-3-13(4-6-15)14(12-19)11-16-7-10-17(20-16)8-1-2-9-17/h3-6,14,16,19H,1-2,7-12H2. The first-order valence-corrected chi connectivity index (χ1v) is 7.75. The Labute approximate surface area is 120 Å². The maximum atomic E-state index is 13.0. The largest absolute Gasteiger partial charge is 0.396 e. The van der Waals surface area contributed by atoms with Gasteiger partial charge in [0.25, 0.3) is 0 Å². The van der Waals surface area contributed by atoms with Gasteiger partial charge in [-0.15, -0.1) is 0 Å². The zero-order valence-corrected chi connectivity index (χ0v) is 11.9. The molecule has 20 heavy (non-hydrogen) atoms. The van der Waals surface area contributed by atoms with Crippen molar-refractivity contribution in [3.63, 3.8) is 0 Å². The van der Waals surface area contributed by atoms with Crippen molar-refractivity contribution in [1.82, 2.24) is 0 Å². The van der Waals surface area contributed by atoms with Gasteiger partial charge in [-0.05, 0) is 49.8 Å². The number of hydrogen-bond donors (Lipinski definition) is 1. The molecular weight excluding hydrogens is 255 g/mol. The number of aliphatic hydroxyl groups excluding tert-OH is 1. The molecule has 1 aliphatic carbocycles. The second-order valence-corrected chi connectivity index (χ2v) is 6.34. The lowest BCUT2D eigenvalue weighted by Gasteiger charge is -2.25. The van der Waals surface area contributed by atoms with Gasteiger partial charge in [0.05, 0.1) is 18.3 Å². The van der Waals surface area contributed by atoms with Gasteiger partial charge in [-0.25, -0.2) is 4.39 Å². The molecule has 1 aliphatic heterocycles. The van der Waals surface area contributed by atoms with E-state index in [9.17, 15) is 9.50 Å². The third-order valence-corrected chi connectivity index (χ3v) is 4.96. The normalized spacial score (nSPS) is 26.2. The molecule has 3 rings (SSSR count). The molecule has 0 bridgehead atoms. The highest BCUT2D eigenvalue weighted by Gasteiger charge is 2.42. The highest BCUT2D eigenvalue weighted by molar-refractivity contribution is 5.20. The minimum absolute atomic E-state index is 0.0529. The van der Waals surface area contributed by atoms with E-state index >= 15 is 0 Å². The van der Waals surface area contributed by atoms with E-state index in [0.29, 0.717) is 0 Å². The van der Waals surface area contributed by atoms with E-state index in [1.807, 2.05) is 0 Å². The van der Waals surface area contributed by atoms with Gasteiger partial charge in [0.1, 0.15) is 5.82 Å². The van der Waals surface area contributed by atoms with Crippen LogP contribution < -0.4 is 0 Å². The number of ether oxygens (including phenoxy) is 1. The minimum atomic E-state index is -0.229. The van der Waals surface area contributed by atoms with E-state index in [2.05, 4.69) is 0 Å². The summed E-state index contributed by atoms with van der Waals surface area (Å²) in [5, 5.41) is 9.62. The molecule has 3 heteroatoms. The molecule has 2 unspecified atom stereocenters. The van der Waals surface area contributed by atoms with Gasteiger partial charge in [-0.2, -0.15) is 0 Å². The maximum absolute atomic E-state index is 13.0. The van der Waals surface area contributed by atoms with Crippen molar-refractivity contribution in [2.75, 3.05) is 6.61 Å². The van der Waals surface area contributed by atoms with Crippen LogP contribution in [0, 0.1) is 5.82 Å². The summed E-state index contributed by atoms with van der Waals surface area (Å²) in [5.41, 5.74) is 1.15. The van der Waals surface area contributed by atoms with Gasteiger partial charge in [-0.3, -0.25) is 0 Å². The minimum Gasteiger partial charge on any atom is -0.396 e. The van der Waals surface area contributed by atoms with Crippen LogP contribution in [0.1, 0.15) is 56.4 Å². The monoisotopic (exact) mass is 278 g/mol. The van der Waals surface area contributed by atoms with E-state index in [1.165, 1.54) is 44.2 Å². The molecule has 0 aromatic heterocycles. The Hall–Kier alpha value is -0.930. The molecule has 1 aromatic carbocycles. The first-order valence-electron chi connectivity index (χ1n) is 7.75. The first-order chi connectivity index (χ1) is 9.71. The van der Waals surface area contributed by atoms with Crippen molar-refractivity contribution in [1.29, 1.82) is 0 Å². The Balaban J connectivity index is 1.62. The molecule has 110 valence electrons. The van der Waals surface area contributed by atoms with Gasteiger partial charge in [0, 0.05) is 5.92 Å². The van der Waals surface area contributed by atoms with Crippen LogP contribution in [0.25, 0.3) is 0 Å². The van der Waals surface area contributed by atoms with E-state index < -0.39 is 0 Å². The van der Waals surface area contributed by atoms with Crippen molar-refractivity contribution in [2.45, 2.75) is 62.6 Å². The van der Waals surface area contributed by atoms with Gasteiger partial charge in [0.15, 0.2) is 0 Å². The van der Waals surface area contributed by atoms with E-state index in [-0.39, 0.29) is 30.0 Å². The van der Waals surface area contributed by atoms with Crippen LogP contribution in [0.15, 0.2) is 24.3 Å². The average molecular weight is 278 g/mol. The third kappa shape index (κ3) is 2.89. The first kappa shape index (κ1) is 14.0. The number of benzene rings is 1. The summed E-state index contributed by atoms with van der Waals surface area (Å²) in [5.74, 6) is -0.176. The quantitative estimate of drug-likeness (QED) is 0.908. The highest BCUT2D eigenvalue weighted by Crippen LogP contribution is 2.45. The lowest BCUT2D eigenvalue weighted by atomic mass is 9.92. The Morgan fingerprint density at radius 2 is 1.90 bits per heavy atom. The summed E-state index contributed by atoms with van der Waals surface area (Å²) in [7, 11) is 0. The predicted octanol–water partition coefficient (Wildman–Crippen LogP) is 3.78. The molecule has 0 amide bonds. The van der Waals surface area contributed by atoms with E-state index in [0.717, 1.165) is 18.4 Å². The van der Waals surface area contributed by atoms with Gasteiger partial charge in [-0.1, -0.05) is 25.0 Å². The van der Waals surface area contributed by atoms with E-state index in [4.69, 9.17) is 4.74 Å². The average Bonchev–Trinajstić information content (AvgIpc) is 3.08. The summed E-state index contributed by atoms with van der Waals surface area (Å²) < 4.78 is 19.3. The van der Waals surface area contributed by atoms with Crippen molar-refractivity contribution in [2.24, 2.45) is 0 Å². The number of hydrogen-bond acceptors (Lipinski definition) is 2. The van der Waals surface area contributed by atoms with Crippen LogP contribution >= 0.6 is 0 Å². The van der Waals surface area contributed by atoms with E-state index in [1.54, 1.807) is 12.1 Å². The summed E-state index contributed by atoms with van der Waals surface area (Å²) in [6.45, 7) is 0.0957. The molecule has 1 spiro atoms. The number of halogens is 1. The Kier molecular flexibility index (Phi) is 4.08. The second kappa shape index (κ2) is 5.82. The summed E-state index contributed by atoms with van der Waals surface area (Å²) >= 11 is 0. The Morgan fingerprint density at radius 1 is 1.20 bits per heavy atom. The van der Waals surface area contributed by atoms with Crippen molar-refractivity contribution < 1.29 is 14.2 Å². The molecule has 2 aliphatic rings. The lowest BCUT2D eigenvalue weighted by molar-refractivity contribution is -0.0427. The van der Waals surface area contributed by atoms with Gasteiger partial charge >= 0.3 is 0 Å². The fourth-order valence-corrected chi connectivity index (χ4v) is 3.82. The molecule has 1 aromatic rings. The zero-order valence-electron chi connectivity index (χ0n) is 11.9. The highest BCUT2D eigenvalue weighted by atomic mass is 19.1. The molecule has 1 saturated heterocycles.